The number of hydrogen-bond donors (Lipinski definition) is 1. The van der Waals surface area contributed by atoms with Gasteiger partial charge in [0.1, 0.15) is 5.76 Å². The zero-order valence-corrected chi connectivity index (χ0v) is 13.6. The Hall–Kier alpha value is -0.840. The van der Waals surface area contributed by atoms with Gasteiger partial charge in [0.25, 0.3) is 0 Å². The third-order valence-electron chi connectivity index (χ3n) is 4.06. The molecule has 4 heteroatoms. The third-order valence-corrected chi connectivity index (χ3v) is 4.06. The Kier molecular flexibility index (Phi) is 4.89. The zero-order valence-electron chi connectivity index (χ0n) is 13.6. The highest BCUT2D eigenvalue weighted by Crippen LogP contribution is 2.17. The lowest BCUT2D eigenvalue weighted by Gasteiger charge is -2.37. The van der Waals surface area contributed by atoms with Crippen molar-refractivity contribution >= 4 is 0 Å². The monoisotopic (exact) mass is 279 g/mol. The van der Waals surface area contributed by atoms with Crippen LogP contribution in [0.5, 0.6) is 0 Å². The molecule has 1 aromatic rings. The fourth-order valence-electron chi connectivity index (χ4n) is 2.49. The maximum Gasteiger partial charge on any atom is 0.122 e. The van der Waals surface area contributed by atoms with Crippen LogP contribution in [0.25, 0.3) is 0 Å². The Morgan fingerprint density at radius 1 is 1.35 bits per heavy atom. The van der Waals surface area contributed by atoms with Crippen molar-refractivity contribution in [2.75, 3.05) is 26.7 Å². The number of nitrogens with zero attached hydrogens (tertiary/aromatic N) is 2. The lowest BCUT2D eigenvalue weighted by Crippen LogP contribution is -2.49. The second-order valence-corrected chi connectivity index (χ2v) is 7.04. The van der Waals surface area contributed by atoms with Crippen LogP contribution in [-0.2, 0) is 13.1 Å². The second-order valence-electron chi connectivity index (χ2n) is 7.04. The van der Waals surface area contributed by atoms with E-state index in [1.807, 2.05) is 6.26 Å². The number of hydrogen-bond acceptors (Lipinski definition) is 4. The van der Waals surface area contributed by atoms with Gasteiger partial charge in [-0.3, -0.25) is 4.90 Å². The summed E-state index contributed by atoms with van der Waals surface area (Å²) in [6.45, 7) is 14.0. The number of piperazine rings is 1. The van der Waals surface area contributed by atoms with Crippen LogP contribution in [0.2, 0.25) is 0 Å². The van der Waals surface area contributed by atoms with Gasteiger partial charge in [-0.1, -0.05) is 0 Å². The minimum atomic E-state index is 0.136. The molecule has 0 saturated carbocycles. The molecule has 1 aliphatic rings. The fourth-order valence-corrected chi connectivity index (χ4v) is 2.49. The second kappa shape index (κ2) is 6.29. The van der Waals surface area contributed by atoms with Gasteiger partial charge in [0.05, 0.1) is 12.8 Å². The van der Waals surface area contributed by atoms with Gasteiger partial charge in [0.15, 0.2) is 0 Å². The largest absolute Gasteiger partial charge is 0.468 e. The average molecular weight is 279 g/mol. The first-order chi connectivity index (χ1) is 9.35. The Labute approximate surface area is 123 Å². The molecule has 0 radical (unpaired) electrons. The molecule has 1 aromatic heterocycles. The summed E-state index contributed by atoms with van der Waals surface area (Å²) in [5.74, 6) is 1.11. The lowest BCUT2D eigenvalue weighted by atomic mass is 10.1. The predicted octanol–water partition coefficient (Wildman–Crippen LogP) is 2.30. The molecule has 0 aromatic carbocycles. The molecule has 1 N–H and O–H groups in total. The molecule has 1 saturated heterocycles. The van der Waals surface area contributed by atoms with Crippen LogP contribution in [0.3, 0.4) is 0 Å². The van der Waals surface area contributed by atoms with Crippen molar-refractivity contribution in [1.29, 1.82) is 0 Å². The van der Waals surface area contributed by atoms with Gasteiger partial charge in [-0.15, -0.1) is 0 Å². The zero-order chi connectivity index (χ0) is 14.8. The van der Waals surface area contributed by atoms with E-state index in [0.717, 1.165) is 38.5 Å². The molecule has 1 atom stereocenters. The molecule has 4 nitrogen and oxygen atoms in total. The summed E-state index contributed by atoms with van der Waals surface area (Å²) >= 11 is 0. The normalized spacial score (nSPS) is 22.4. The molecule has 0 aliphatic carbocycles. The molecule has 1 unspecified atom stereocenters. The van der Waals surface area contributed by atoms with Crippen molar-refractivity contribution in [3.8, 4) is 0 Å². The molecular formula is C16H29N3O. The SMILES string of the molecule is CC1CN(Cc2occc2CNC(C)(C)C)CCN1C. The van der Waals surface area contributed by atoms with Gasteiger partial charge in [-0.25, -0.2) is 0 Å². The van der Waals surface area contributed by atoms with Crippen LogP contribution in [0, 0.1) is 0 Å². The summed E-state index contributed by atoms with van der Waals surface area (Å²) in [7, 11) is 2.20. The minimum Gasteiger partial charge on any atom is -0.468 e. The van der Waals surface area contributed by atoms with Crippen molar-refractivity contribution in [2.45, 2.75) is 52.4 Å². The van der Waals surface area contributed by atoms with E-state index in [4.69, 9.17) is 4.42 Å². The molecule has 0 bridgehead atoms. The lowest BCUT2D eigenvalue weighted by molar-refractivity contribution is 0.0943. The van der Waals surface area contributed by atoms with Gasteiger partial charge in [0.2, 0.25) is 0 Å². The first-order valence-corrected chi connectivity index (χ1v) is 7.58. The van der Waals surface area contributed by atoms with E-state index in [0.29, 0.717) is 6.04 Å². The van der Waals surface area contributed by atoms with Gasteiger partial charge in [0, 0.05) is 43.3 Å². The van der Waals surface area contributed by atoms with Crippen LogP contribution in [0.15, 0.2) is 16.7 Å². The minimum absolute atomic E-state index is 0.136. The summed E-state index contributed by atoms with van der Waals surface area (Å²) in [5.41, 5.74) is 1.42. The van der Waals surface area contributed by atoms with Crippen LogP contribution in [0.4, 0.5) is 0 Å². The highest BCUT2D eigenvalue weighted by Gasteiger charge is 2.22. The van der Waals surface area contributed by atoms with Crippen molar-refractivity contribution in [2.24, 2.45) is 0 Å². The fraction of sp³-hybridized carbons (Fsp3) is 0.750. The van der Waals surface area contributed by atoms with E-state index in [2.05, 4.69) is 55.9 Å². The van der Waals surface area contributed by atoms with Gasteiger partial charge >= 0.3 is 0 Å². The Morgan fingerprint density at radius 2 is 2.10 bits per heavy atom. The topological polar surface area (TPSA) is 31.7 Å². The quantitative estimate of drug-likeness (QED) is 0.916. The predicted molar refractivity (Wildman–Crippen MR) is 82.7 cm³/mol. The summed E-state index contributed by atoms with van der Waals surface area (Å²) in [6, 6.07) is 2.71. The molecule has 20 heavy (non-hydrogen) atoms. The summed E-state index contributed by atoms with van der Waals surface area (Å²) in [6.07, 6.45) is 1.81. The van der Waals surface area contributed by atoms with Crippen molar-refractivity contribution in [1.82, 2.24) is 15.1 Å². The van der Waals surface area contributed by atoms with Gasteiger partial charge in [-0.05, 0) is 40.8 Å². The van der Waals surface area contributed by atoms with E-state index >= 15 is 0 Å². The Balaban J connectivity index is 1.92. The van der Waals surface area contributed by atoms with Gasteiger partial charge < -0.3 is 14.6 Å². The van der Waals surface area contributed by atoms with Crippen LogP contribution < -0.4 is 5.32 Å². The van der Waals surface area contributed by atoms with Crippen molar-refractivity contribution in [3.05, 3.63) is 23.7 Å². The van der Waals surface area contributed by atoms with E-state index in [1.54, 1.807) is 0 Å². The molecule has 2 heterocycles. The van der Waals surface area contributed by atoms with E-state index in [-0.39, 0.29) is 5.54 Å². The van der Waals surface area contributed by atoms with Crippen LogP contribution in [0.1, 0.15) is 39.0 Å². The molecule has 0 spiro atoms. The highest BCUT2D eigenvalue weighted by atomic mass is 16.3. The summed E-state index contributed by atoms with van der Waals surface area (Å²) < 4.78 is 5.70. The molecule has 1 fully saturated rings. The number of nitrogens with one attached hydrogen (secondary N) is 1. The maximum atomic E-state index is 5.70. The molecule has 1 aliphatic heterocycles. The first-order valence-electron chi connectivity index (χ1n) is 7.58. The number of likely N-dealkylation sites (N-methyl/N-ethyl adjacent to an activating group) is 1. The highest BCUT2D eigenvalue weighted by molar-refractivity contribution is 5.17. The van der Waals surface area contributed by atoms with Crippen LogP contribution in [-0.4, -0.2) is 48.1 Å². The number of rotatable bonds is 4. The average Bonchev–Trinajstić information content (AvgIpc) is 2.78. The van der Waals surface area contributed by atoms with E-state index in [1.165, 1.54) is 5.56 Å². The summed E-state index contributed by atoms with van der Waals surface area (Å²) in [4.78, 5) is 4.91. The van der Waals surface area contributed by atoms with E-state index in [9.17, 15) is 0 Å². The molecule has 114 valence electrons. The summed E-state index contributed by atoms with van der Waals surface area (Å²) in [5, 5.41) is 3.53. The van der Waals surface area contributed by atoms with E-state index < -0.39 is 0 Å². The smallest absolute Gasteiger partial charge is 0.122 e. The molecule has 2 rings (SSSR count). The van der Waals surface area contributed by atoms with Gasteiger partial charge in [-0.2, -0.15) is 0 Å². The Bertz CT molecular complexity index is 422. The third kappa shape index (κ3) is 4.33. The van der Waals surface area contributed by atoms with Crippen molar-refractivity contribution < 1.29 is 4.42 Å². The maximum absolute atomic E-state index is 5.70. The molecular weight excluding hydrogens is 250 g/mol. The Morgan fingerprint density at radius 3 is 2.75 bits per heavy atom. The molecule has 0 amide bonds. The first kappa shape index (κ1) is 15.5. The number of furan rings is 1. The van der Waals surface area contributed by atoms with Crippen LogP contribution >= 0.6 is 0 Å². The standard InChI is InChI=1S/C16H29N3O/c1-13-11-19(8-7-18(13)5)12-15-14(6-9-20-15)10-17-16(2,3)4/h6,9,13,17H,7-8,10-12H2,1-5H3. The van der Waals surface area contributed by atoms with Crippen molar-refractivity contribution in [3.63, 3.8) is 0 Å².